The van der Waals surface area contributed by atoms with E-state index in [4.69, 9.17) is 4.84 Å². The Morgan fingerprint density at radius 2 is 1.83 bits per heavy atom. The van der Waals surface area contributed by atoms with Gasteiger partial charge in [-0.05, 0) is 24.6 Å². The van der Waals surface area contributed by atoms with Crippen molar-refractivity contribution in [2.75, 3.05) is 6.54 Å². The van der Waals surface area contributed by atoms with Gasteiger partial charge in [-0.15, -0.1) is 0 Å². The summed E-state index contributed by atoms with van der Waals surface area (Å²) in [5, 5.41) is 6.11. The van der Waals surface area contributed by atoms with Gasteiger partial charge >= 0.3 is 12.1 Å². The van der Waals surface area contributed by atoms with Gasteiger partial charge in [-0.3, -0.25) is 9.63 Å². The molecule has 1 heterocycles. The predicted octanol–water partition coefficient (Wildman–Crippen LogP) is 3.60. The van der Waals surface area contributed by atoms with Gasteiger partial charge in [-0.25, -0.2) is 5.48 Å². The van der Waals surface area contributed by atoms with Crippen LogP contribution < -0.4 is 10.8 Å². The van der Waals surface area contributed by atoms with Crippen LogP contribution in [0.2, 0.25) is 0 Å². The van der Waals surface area contributed by atoms with Gasteiger partial charge in [0.15, 0.2) is 0 Å². The van der Waals surface area contributed by atoms with Crippen LogP contribution in [0.3, 0.4) is 0 Å². The van der Waals surface area contributed by atoms with Gasteiger partial charge in [0.1, 0.15) is 0 Å². The molecule has 0 aliphatic heterocycles. The van der Waals surface area contributed by atoms with Gasteiger partial charge in [0.05, 0.1) is 6.61 Å². The topological polar surface area (TPSA) is 89.3 Å². The third-order valence-electron chi connectivity index (χ3n) is 4.02. The van der Waals surface area contributed by atoms with E-state index in [-0.39, 0.29) is 17.8 Å². The maximum atomic E-state index is 12.5. The molecule has 0 saturated carbocycles. The molecular formula is C20H19F3N4O3. The number of carbonyl (C=O) groups is 1. The van der Waals surface area contributed by atoms with Crippen LogP contribution in [0.5, 0.6) is 0 Å². The Labute approximate surface area is 170 Å². The van der Waals surface area contributed by atoms with Crippen LogP contribution >= 0.6 is 0 Å². The number of amides is 1. The van der Waals surface area contributed by atoms with E-state index in [1.165, 1.54) is 24.3 Å². The van der Waals surface area contributed by atoms with Gasteiger partial charge < -0.3 is 9.84 Å². The predicted molar refractivity (Wildman–Crippen MR) is 101 cm³/mol. The average molecular weight is 420 g/mol. The fourth-order valence-corrected chi connectivity index (χ4v) is 2.48. The van der Waals surface area contributed by atoms with Crippen molar-refractivity contribution in [1.29, 1.82) is 0 Å². The van der Waals surface area contributed by atoms with Crippen LogP contribution in [0, 0.1) is 0 Å². The first-order valence-corrected chi connectivity index (χ1v) is 9.03. The lowest BCUT2D eigenvalue weighted by Crippen LogP contribution is -2.39. The van der Waals surface area contributed by atoms with Crippen LogP contribution in [-0.2, 0) is 17.6 Å². The summed E-state index contributed by atoms with van der Waals surface area (Å²) in [6, 6.07) is 15.3. The lowest BCUT2D eigenvalue weighted by Gasteiger charge is -2.15. The molecule has 10 heteroatoms. The fourth-order valence-electron chi connectivity index (χ4n) is 2.48. The molecule has 30 heavy (non-hydrogen) atoms. The number of nitrogens with one attached hydrogen (secondary N) is 2. The summed E-state index contributed by atoms with van der Waals surface area (Å²) in [6.45, 7) is 2.60. The molecule has 2 N–H and O–H groups in total. The van der Waals surface area contributed by atoms with Crippen molar-refractivity contribution in [1.82, 2.24) is 20.9 Å². The van der Waals surface area contributed by atoms with E-state index in [1.807, 2.05) is 37.3 Å². The molecule has 0 saturated heterocycles. The molecule has 3 rings (SSSR count). The normalized spacial score (nSPS) is 12.5. The van der Waals surface area contributed by atoms with Gasteiger partial charge in [-0.1, -0.05) is 47.6 Å². The minimum absolute atomic E-state index is 0.206. The second-order valence-corrected chi connectivity index (χ2v) is 6.50. The summed E-state index contributed by atoms with van der Waals surface area (Å²) in [4.78, 5) is 21.0. The number of benzene rings is 2. The zero-order valence-electron chi connectivity index (χ0n) is 15.9. The third kappa shape index (κ3) is 5.88. The Morgan fingerprint density at radius 1 is 1.13 bits per heavy atom. The number of alkyl halides is 3. The summed E-state index contributed by atoms with van der Waals surface area (Å²) in [7, 11) is 0. The van der Waals surface area contributed by atoms with Gasteiger partial charge in [0.2, 0.25) is 5.82 Å². The smallest absolute Gasteiger partial charge is 0.348 e. The molecule has 1 atom stereocenters. The Morgan fingerprint density at radius 3 is 2.47 bits per heavy atom. The quantitative estimate of drug-likeness (QED) is 0.428. The molecule has 0 spiro atoms. The van der Waals surface area contributed by atoms with Crippen LogP contribution in [0.25, 0.3) is 11.4 Å². The number of aromatic nitrogens is 2. The number of hydrogen-bond donors (Lipinski definition) is 2. The Hall–Kier alpha value is -3.24. The molecule has 0 bridgehead atoms. The second kappa shape index (κ2) is 9.51. The zero-order valence-corrected chi connectivity index (χ0v) is 15.9. The first-order valence-electron chi connectivity index (χ1n) is 9.03. The molecule has 1 amide bonds. The van der Waals surface area contributed by atoms with E-state index in [1.54, 1.807) is 0 Å². The molecule has 0 radical (unpaired) electrons. The van der Waals surface area contributed by atoms with Crippen molar-refractivity contribution in [3.8, 4) is 11.4 Å². The average Bonchev–Trinajstić information content (AvgIpc) is 3.23. The van der Waals surface area contributed by atoms with Crippen LogP contribution in [-0.4, -0.2) is 28.6 Å². The summed E-state index contributed by atoms with van der Waals surface area (Å²) < 4.78 is 41.8. The van der Waals surface area contributed by atoms with Crippen LogP contribution in [0.1, 0.15) is 28.7 Å². The lowest BCUT2D eigenvalue weighted by atomic mass is 10.1. The molecule has 158 valence electrons. The number of halogens is 3. The fraction of sp³-hybridized carbons (Fsp3) is 0.250. The van der Waals surface area contributed by atoms with E-state index >= 15 is 0 Å². The van der Waals surface area contributed by atoms with Crippen molar-refractivity contribution in [3.05, 3.63) is 71.6 Å². The molecule has 1 unspecified atom stereocenters. The number of nitrogens with zero attached hydrogens (tertiary/aromatic N) is 2. The first kappa shape index (κ1) is 21.5. The highest BCUT2D eigenvalue weighted by Crippen LogP contribution is 2.29. The van der Waals surface area contributed by atoms with E-state index < -0.39 is 12.1 Å². The summed E-state index contributed by atoms with van der Waals surface area (Å²) >= 11 is 0. The van der Waals surface area contributed by atoms with Crippen LogP contribution in [0.4, 0.5) is 13.2 Å². The van der Waals surface area contributed by atoms with Crippen molar-refractivity contribution in [3.63, 3.8) is 0 Å². The SMILES string of the molecule is CC(CNOCc1ccccc1)NC(=O)c1ccc(-c2noc(C(F)(F)F)n2)cc1. The van der Waals surface area contributed by atoms with Gasteiger partial charge in [0, 0.05) is 23.7 Å². The molecule has 3 aromatic rings. The van der Waals surface area contributed by atoms with E-state index in [0.717, 1.165) is 5.56 Å². The minimum atomic E-state index is -4.71. The molecule has 0 aliphatic rings. The maximum absolute atomic E-state index is 12.5. The number of hydroxylamine groups is 1. The first-order chi connectivity index (χ1) is 14.3. The zero-order chi connectivity index (χ0) is 21.6. The maximum Gasteiger partial charge on any atom is 0.471 e. The van der Waals surface area contributed by atoms with Crippen molar-refractivity contribution in [2.45, 2.75) is 25.7 Å². The lowest BCUT2D eigenvalue weighted by molar-refractivity contribution is -0.159. The molecule has 7 nitrogen and oxygen atoms in total. The number of hydrogen-bond acceptors (Lipinski definition) is 6. The van der Waals surface area contributed by atoms with Gasteiger partial charge in [-0.2, -0.15) is 18.2 Å². The number of rotatable bonds is 8. The summed E-state index contributed by atoms with van der Waals surface area (Å²) in [5.41, 5.74) is 4.46. The summed E-state index contributed by atoms with van der Waals surface area (Å²) in [5.74, 6) is -1.96. The molecule has 0 aliphatic carbocycles. The van der Waals surface area contributed by atoms with E-state index in [2.05, 4.69) is 25.5 Å². The standard InChI is InChI=1S/C20H19F3N4O3/c1-13(11-24-29-12-14-5-3-2-4-6-14)25-18(28)16-9-7-15(8-10-16)17-26-19(30-27-17)20(21,22)23/h2-10,13,24H,11-12H2,1H3,(H,25,28). The van der Waals surface area contributed by atoms with Crippen molar-refractivity contribution >= 4 is 5.91 Å². The molecule has 0 fully saturated rings. The minimum Gasteiger partial charge on any atom is -0.348 e. The monoisotopic (exact) mass is 420 g/mol. The Kier molecular flexibility index (Phi) is 6.80. The van der Waals surface area contributed by atoms with Gasteiger partial charge in [0.25, 0.3) is 5.91 Å². The molecular weight excluding hydrogens is 401 g/mol. The summed E-state index contributed by atoms with van der Waals surface area (Å²) in [6.07, 6.45) is -4.71. The van der Waals surface area contributed by atoms with Crippen LogP contribution in [0.15, 0.2) is 59.1 Å². The van der Waals surface area contributed by atoms with E-state index in [9.17, 15) is 18.0 Å². The molecule has 1 aromatic heterocycles. The largest absolute Gasteiger partial charge is 0.471 e. The number of carbonyl (C=O) groups excluding carboxylic acids is 1. The second-order valence-electron chi connectivity index (χ2n) is 6.50. The Bertz CT molecular complexity index is 959. The van der Waals surface area contributed by atoms with Crippen molar-refractivity contribution in [2.24, 2.45) is 0 Å². The Balaban J connectivity index is 1.47. The van der Waals surface area contributed by atoms with E-state index in [0.29, 0.717) is 24.3 Å². The highest BCUT2D eigenvalue weighted by atomic mass is 19.4. The molecule has 2 aromatic carbocycles. The van der Waals surface area contributed by atoms with Crippen molar-refractivity contribution < 1.29 is 27.3 Å². The third-order valence-corrected chi connectivity index (χ3v) is 4.02. The highest BCUT2D eigenvalue weighted by molar-refractivity contribution is 5.94. The highest BCUT2D eigenvalue weighted by Gasteiger charge is 2.38.